The number of likely N-dealkylation sites (tertiary alicyclic amines) is 1. The minimum Gasteiger partial charge on any atom is -0.330 e. The SMILES string of the molecule is CC1CC(CN)CN1CCSc1ccccc1. The molecular weight excluding hydrogens is 228 g/mol. The number of nitrogens with zero attached hydrogens (tertiary/aromatic N) is 1. The Balaban J connectivity index is 1.72. The molecule has 1 aliphatic rings. The smallest absolute Gasteiger partial charge is 0.0108 e. The van der Waals surface area contributed by atoms with Gasteiger partial charge in [-0.25, -0.2) is 0 Å². The van der Waals surface area contributed by atoms with Crippen molar-refractivity contribution in [3.05, 3.63) is 30.3 Å². The zero-order valence-corrected chi connectivity index (χ0v) is 11.3. The van der Waals surface area contributed by atoms with Gasteiger partial charge in [-0.2, -0.15) is 0 Å². The lowest BCUT2D eigenvalue weighted by Gasteiger charge is -2.20. The van der Waals surface area contributed by atoms with Crippen molar-refractivity contribution in [3.8, 4) is 0 Å². The fourth-order valence-corrected chi connectivity index (χ4v) is 3.41. The molecule has 0 bridgehead atoms. The molecule has 2 nitrogen and oxygen atoms in total. The van der Waals surface area contributed by atoms with E-state index < -0.39 is 0 Å². The maximum absolute atomic E-state index is 5.75. The van der Waals surface area contributed by atoms with Crippen molar-refractivity contribution in [2.75, 3.05) is 25.4 Å². The molecule has 94 valence electrons. The molecule has 3 heteroatoms. The third kappa shape index (κ3) is 3.73. The Morgan fingerprint density at radius 2 is 2.12 bits per heavy atom. The number of rotatable bonds is 5. The second kappa shape index (κ2) is 6.43. The van der Waals surface area contributed by atoms with Crippen molar-refractivity contribution in [1.82, 2.24) is 4.90 Å². The molecule has 1 aliphatic heterocycles. The van der Waals surface area contributed by atoms with E-state index in [0.29, 0.717) is 12.0 Å². The Kier molecular flexibility index (Phi) is 4.89. The first kappa shape index (κ1) is 12.9. The summed E-state index contributed by atoms with van der Waals surface area (Å²) in [5.41, 5.74) is 5.75. The Labute approximate surface area is 109 Å². The van der Waals surface area contributed by atoms with Gasteiger partial charge in [-0.1, -0.05) is 18.2 Å². The standard InChI is InChI=1S/C14H22N2S/c1-12-9-13(10-15)11-16(12)7-8-17-14-5-3-2-4-6-14/h2-6,12-13H,7-11,15H2,1H3. The monoisotopic (exact) mass is 250 g/mol. The molecule has 2 rings (SSSR count). The average Bonchev–Trinajstić information content (AvgIpc) is 2.72. The van der Waals surface area contributed by atoms with Gasteiger partial charge in [-0.15, -0.1) is 11.8 Å². The quantitative estimate of drug-likeness (QED) is 0.814. The first-order valence-electron chi connectivity index (χ1n) is 6.41. The van der Waals surface area contributed by atoms with Gasteiger partial charge in [0.2, 0.25) is 0 Å². The van der Waals surface area contributed by atoms with Crippen LogP contribution in [0.15, 0.2) is 35.2 Å². The molecule has 17 heavy (non-hydrogen) atoms. The second-order valence-electron chi connectivity index (χ2n) is 4.84. The van der Waals surface area contributed by atoms with Crippen molar-refractivity contribution in [2.45, 2.75) is 24.3 Å². The van der Waals surface area contributed by atoms with E-state index in [9.17, 15) is 0 Å². The van der Waals surface area contributed by atoms with Crippen molar-refractivity contribution < 1.29 is 0 Å². The van der Waals surface area contributed by atoms with E-state index in [1.54, 1.807) is 0 Å². The van der Waals surface area contributed by atoms with E-state index in [0.717, 1.165) is 6.54 Å². The molecule has 0 amide bonds. The molecule has 0 aromatic heterocycles. The molecule has 1 aromatic carbocycles. The van der Waals surface area contributed by atoms with Gasteiger partial charge < -0.3 is 5.73 Å². The van der Waals surface area contributed by atoms with E-state index in [2.05, 4.69) is 42.2 Å². The second-order valence-corrected chi connectivity index (χ2v) is 6.01. The summed E-state index contributed by atoms with van der Waals surface area (Å²) in [6.45, 7) is 5.53. The highest BCUT2D eigenvalue weighted by atomic mass is 32.2. The first-order valence-corrected chi connectivity index (χ1v) is 7.40. The molecule has 0 radical (unpaired) electrons. The third-order valence-corrected chi connectivity index (χ3v) is 4.51. The van der Waals surface area contributed by atoms with Gasteiger partial charge in [0.1, 0.15) is 0 Å². The summed E-state index contributed by atoms with van der Waals surface area (Å²) in [6.07, 6.45) is 1.27. The summed E-state index contributed by atoms with van der Waals surface area (Å²) in [6, 6.07) is 11.3. The maximum Gasteiger partial charge on any atom is 0.0108 e. The van der Waals surface area contributed by atoms with Gasteiger partial charge >= 0.3 is 0 Å². The number of nitrogens with two attached hydrogens (primary N) is 1. The summed E-state index contributed by atoms with van der Waals surface area (Å²) in [5.74, 6) is 1.89. The van der Waals surface area contributed by atoms with Crippen LogP contribution in [0.3, 0.4) is 0 Å². The van der Waals surface area contributed by atoms with Gasteiger partial charge in [-0.05, 0) is 37.9 Å². The number of thioether (sulfide) groups is 1. The van der Waals surface area contributed by atoms with Crippen LogP contribution >= 0.6 is 11.8 Å². The molecule has 2 atom stereocenters. The van der Waals surface area contributed by atoms with E-state index in [1.807, 2.05) is 11.8 Å². The molecule has 1 aromatic rings. The first-order chi connectivity index (χ1) is 8.29. The largest absolute Gasteiger partial charge is 0.330 e. The van der Waals surface area contributed by atoms with Crippen LogP contribution in [-0.2, 0) is 0 Å². The van der Waals surface area contributed by atoms with Gasteiger partial charge in [0.25, 0.3) is 0 Å². The lowest BCUT2D eigenvalue weighted by Crippen LogP contribution is -2.30. The highest BCUT2D eigenvalue weighted by molar-refractivity contribution is 7.99. The van der Waals surface area contributed by atoms with Crippen LogP contribution in [0.1, 0.15) is 13.3 Å². The zero-order chi connectivity index (χ0) is 12.1. The van der Waals surface area contributed by atoms with Gasteiger partial charge in [0, 0.05) is 29.8 Å². The number of hydrogen-bond donors (Lipinski definition) is 1. The fourth-order valence-electron chi connectivity index (χ4n) is 2.50. The van der Waals surface area contributed by atoms with E-state index in [1.165, 1.54) is 30.2 Å². The molecule has 0 aliphatic carbocycles. The van der Waals surface area contributed by atoms with E-state index in [4.69, 9.17) is 5.73 Å². The van der Waals surface area contributed by atoms with Crippen molar-refractivity contribution in [2.24, 2.45) is 11.7 Å². The van der Waals surface area contributed by atoms with Gasteiger partial charge in [-0.3, -0.25) is 4.90 Å². The van der Waals surface area contributed by atoms with E-state index in [-0.39, 0.29) is 0 Å². The maximum atomic E-state index is 5.75. The zero-order valence-electron chi connectivity index (χ0n) is 10.5. The summed E-state index contributed by atoms with van der Waals surface area (Å²) in [7, 11) is 0. The van der Waals surface area contributed by atoms with Crippen molar-refractivity contribution in [3.63, 3.8) is 0 Å². The minimum absolute atomic E-state index is 0.708. The number of hydrogen-bond acceptors (Lipinski definition) is 3. The topological polar surface area (TPSA) is 29.3 Å². The Morgan fingerprint density at radius 3 is 2.76 bits per heavy atom. The molecule has 1 fully saturated rings. The van der Waals surface area contributed by atoms with Gasteiger partial charge in [0.15, 0.2) is 0 Å². The third-order valence-electron chi connectivity index (χ3n) is 3.51. The fraction of sp³-hybridized carbons (Fsp3) is 0.571. The van der Waals surface area contributed by atoms with Crippen molar-refractivity contribution >= 4 is 11.8 Å². The highest BCUT2D eigenvalue weighted by Gasteiger charge is 2.27. The molecule has 1 saturated heterocycles. The van der Waals surface area contributed by atoms with Crippen LogP contribution in [0.25, 0.3) is 0 Å². The predicted molar refractivity (Wildman–Crippen MR) is 75.4 cm³/mol. The lowest BCUT2D eigenvalue weighted by atomic mass is 10.1. The number of benzene rings is 1. The van der Waals surface area contributed by atoms with Crippen LogP contribution < -0.4 is 5.73 Å². The highest BCUT2D eigenvalue weighted by Crippen LogP contribution is 2.23. The molecule has 1 heterocycles. The Morgan fingerprint density at radius 1 is 1.35 bits per heavy atom. The normalized spacial score (nSPS) is 25.3. The van der Waals surface area contributed by atoms with Crippen LogP contribution in [0.5, 0.6) is 0 Å². The predicted octanol–water partition coefficient (Wildman–Crippen LogP) is 2.45. The molecular formula is C14H22N2S. The Hall–Kier alpha value is -0.510. The van der Waals surface area contributed by atoms with Crippen LogP contribution in [-0.4, -0.2) is 36.3 Å². The van der Waals surface area contributed by atoms with Crippen LogP contribution in [0, 0.1) is 5.92 Å². The molecule has 2 unspecified atom stereocenters. The summed E-state index contributed by atoms with van der Waals surface area (Å²) in [4.78, 5) is 3.95. The summed E-state index contributed by atoms with van der Waals surface area (Å²) >= 11 is 1.95. The summed E-state index contributed by atoms with van der Waals surface area (Å²) < 4.78 is 0. The van der Waals surface area contributed by atoms with Crippen molar-refractivity contribution in [1.29, 1.82) is 0 Å². The summed E-state index contributed by atoms with van der Waals surface area (Å²) in [5, 5.41) is 0. The molecule has 0 saturated carbocycles. The minimum atomic E-state index is 0.708. The lowest BCUT2D eigenvalue weighted by molar-refractivity contribution is 0.281. The average molecular weight is 250 g/mol. The van der Waals surface area contributed by atoms with E-state index >= 15 is 0 Å². The van der Waals surface area contributed by atoms with Gasteiger partial charge in [0.05, 0.1) is 0 Å². The Bertz CT molecular complexity index is 328. The van der Waals surface area contributed by atoms with Crippen LogP contribution in [0.4, 0.5) is 0 Å². The van der Waals surface area contributed by atoms with Crippen LogP contribution in [0.2, 0.25) is 0 Å². The molecule has 2 N–H and O–H groups in total. The molecule has 0 spiro atoms.